The second-order valence-electron chi connectivity index (χ2n) is 7.24. The van der Waals surface area contributed by atoms with Crippen LogP contribution in [0.4, 0.5) is 0 Å². The molecule has 0 amide bonds. The third-order valence-electron chi connectivity index (χ3n) is 4.99. The molecule has 1 aliphatic rings. The van der Waals surface area contributed by atoms with Gasteiger partial charge >= 0.3 is 0 Å². The van der Waals surface area contributed by atoms with Gasteiger partial charge in [-0.2, -0.15) is 0 Å². The molecule has 2 N–H and O–H groups in total. The largest absolute Gasteiger partial charge is 0.493 e. The predicted octanol–water partition coefficient (Wildman–Crippen LogP) is 1.73. The van der Waals surface area contributed by atoms with Gasteiger partial charge in [0.2, 0.25) is 0 Å². The maximum atomic E-state index is 5.57. The molecule has 1 aliphatic heterocycles. The molecule has 1 saturated heterocycles. The Morgan fingerprint density at radius 3 is 2.66 bits per heavy atom. The van der Waals surface area contributed by atoms with Gasteiger partial charge in [0.1, 0.15) is 6.61 Å². The van der Waals surface area contributed by atoms with E-state index in [-0.39, 0.29) is 6.61 Å². The first kappa shape index (κ1) is 22.9. The fraction of sp³-hybridized carbons (Fsp3) is 0.591. The van der Waals surface area contributed by atoms with E-state index in [0.717, 1.165) is 44.4 Å². The molecule has 0 aliphatic carbocycles. The molecule has 1 unspecified atom stereocenters. The van der Waals surface area contributed by atoms with Crippen molar-refractivity contribution in [3.8, 4) is 23.8 Å². The molecule has 1 aromatic rings. The average Bonchev–Trinajstić information content (AvgIpc) is 2.75. The van der Waals surface area contributed by atoms with Crippen molar-refractivity contribution >= 4 is 5.96 Å². The van der Waals surface area contributed by atoms with Crippen LogP contribution in [0.3, 0.4) is 0 Å². The quantitative estimate of drug-likeness (QED) is 0.373. The molecule has 0 spiro atoms. The first-order chi connectivity index (χ1) is 14.1. The third-order valence-corrected chi connectivity index (χ3v) is 4.99. The Bertz CT molecular complexity index is 694. The lowest BCUT2D eigenvalue weighted by molar-refractivity contribution is 0.00752. The monoisotopic (exact) mass is 402 g/mol. The molecule has 160 valence electrons. The Kier molecular flexibility index (Phi) is 9.62. The molecule has 1 aromatic carbocycles. The Labute approximate surface area is 174 Å². The summed E-state index contributed by atoms with van der Waals surface area (Å²) in [6, 6.07) is 6.24. The summed E-state index contributed by atoms with van der Waals surface area (Å²) in [5.74, 6) is 5.09. The fourth-order valence-electron chi connectivity index (χ4n) is 3.37. The van der Waals surface area contributed by atoms with Gasteiger partial charge in [0.15, 0.2) is 17.5 Å². The van der Waals surface area contributed by atoms with Gasteiger partial charge in [-0.05, 0) is 23.6 Å². The summed E-state index contributed by atoms with van der Waals surface area (Å²) in [5, 5.41) is 6.83. The van der Waals surface area contributed by atoms with Gasteiger partial charge in [-0.15, -0.1) is 6.42 Å². The number of terminal acetylenes is 1. The average molecular weight is 403 g/mol. The molecule has 0 saturated carbocycles. The summed E-state index contributed by atoms with van der Waals surface area (Å²) >= 11 is 0. The molecule has 1 atom stereocenters. The Morgan fingerprint density at radius 1 is 1.28 bits per heavy atom. The summed E-state index contributed by atoms with van der Waals surface area (Å²) in [5.41, 5.74) is 1.05. The number of rotatable bonds is 9. The molecular weight excluding hydrogens is 368 g/mol. The first-order valence-corrected chi connectivity index (χ1v) is 10.1. The summed E-state index contributed by atoms with van der Waals surface area (Å²) in [6.45, 7) is 9.71. The van der Waals surface area contributed by atoms with Crippen molar-refractivity contribution in [2.75, 3.05) is 53.6 Å². The molecule has 1 heterocycles. The van der Waals surface area contributed by atoms with Crippen LogP contribution < -0.4 is 20.1 Å². The second-order valence-corrected chi connectivity index (χ2v) is 7.24. The van der Waals surface area contributed by atoms with Gasteiger partial charge in [-0.1, -0.05) is 25.8 Å². The van der Waals surface area contributed by atoms with Gasteiger partial charge < -0.3 is 24.8 Å². The zero-order chi connectivity index (χ0) is 21.1. The van der Waals surface area contributed by atoms with Gasteiger partial charge in [-0.3, -0.25) is 9.89 Å². The minimum atomic E-state index is 0.203. The zero-order valence-corrected chi connectivity index (χ0v) is 18.0. The number of benzene rings is 1. The molecular formula is C22H34N4O3. The maximum Gasteiger partial charge on any atom is 0.191 e. The van der Waals surface area contributed by atoms with E-state index in [9.17, 15) is 0 Å². The van der Waals surface area contributed by atoms with Gasteiger partial charge in [-0.25, -0.2) is 0 Å². The fourth-order valence-corrected chi connectivity index (χ4v) is 3.37. The lowest BCUT2D eigenvalue weighted by Gasteiger charge is -2.37. The SMILES string of the molecule is C#CCOc1cc(CNC(=NC)NCC(C(C)C)N2CCOCC2)ccc1OC. The summed E-state index contributed by atoms with van der Waals surface area (Å²) in [6.07, 6.45) is 5.29. The van der Waals surface area contributed by atoms with Crippen molar-refractivity contribution in [2.24, 2.45) is 10.9 Å². The van der Waals surface area contributed by atoms with Crippen molar-refractivity contribution < 1.29 is 14.2 Å². The van der Waals surface area contributed by atoms with Crippen LogP contribution in [0.15, 0.2) is 23.2 Å². The summed E-state index contributed by atoms with van der Waals surface area (Å²) < 4.78 is 16.4. The molecule has 1 fully saturated rings. The summed E-state index contributed by atoms with van der Waals surface area (Å²) in [7, 11) is 3.39. The highest BCUT2D eigenvalue weighted by atomic mass is 16.5. The van der Waals surface area contributed by atoms with Crippen LogP contribution in [-0.2, 0) is 11.3 Å². The number of morpholine rings is 1. The number of hydrogen-bond acceptors (Lipinski definition) is 5. The van der Waals surface area contributed by atoms with Crippen molar-refractivity contribution in [3.63, 3.8) is 0 Å². The number of guanidine groups is 1. The van der Waals surface area contributed by atoms with E-state index in [4.69, 9.17) is 20.6 Å². The number of nitrogens with one attached hydrogen (secondary N) is 2. The molecule has 2 rings (SSSR count). The van der Waals surface area contributed by atoms with E-state index < -0.39 is 0 Å². The number of aliphatic imine (C=N–C) groups is 1. The second kappa shape index (κ2) is 12.2. The van der Waals surface area contributed by atoms with E-state index in [1.807, 2.05) is 18.2 Å². The number of nitrogens with zero attached hydrogens (tertiary/aromatic N) is 2. The van der Waals surface area contributed by atoms with Crippen LogP contribution in [-0.4, -0.2) is 70.5 Å². The van der Waals surface area contributed by atoms with Crippen LogP contribution in [0.25, 0.3) is 0 Å². The van der Waals surface area contributed by atoms with Crippen LogP contribution in [0, 0.1) is 18.3 Å². The maximum absolute atomic E-state index is 5.57. The van der Waals surface area contributed by atoms with Crippen LogP contribution in [0.1, 0.15) is 19.4 Å². The molecule has 0 bridgehead atoms. The Hall–Kier alpha value is -2.43. The van der Waals surface area contributed by atoms with Gasteiger partial charge in [0.05, 0.1) is 20.3 Å². The molecule has 7 heteroatoms. The number of methoxy groups -OCH3 is 1. The van der Waals surface area contributed by atoms with E-state index in [1.165, 1.54) is 0 Å². The third kappa shape index (κ3) is 7.15. The van der Waals surface area contributed by atoms with Crippen LogP contribution >= 0.6 is 0 Å². The smallest absolute Gasteiger partial charge is 0.191 e. The Balaban J connectivity index is 1.92. The normalized spacial score (nSPS) is 16.2. The molecule has 0 radical (unpaired) electrons. The lowest BCUT2D eigenvalue weighted by atomic mass is 10.0. The van der Waals surface area contributed by atoms with Gasteiger partial charge in [0.25, 0.3) is 0 Å². The topological polar surface area (TPSA) is 67.4 Å². The van der Waals surface area contributed by atoms with Crippen LogP contribution in [0.2, 0.25) is 0 Å². The van der Waals surface area contributed by atoms with Gasteiger partial charge in [0, 0.05) is 39.3 Å². The molecule has 29 heavy (non-hydrogen) atoms. The van der Waals surface area contributed by atoms with Crippen molar-refractivity contribution in [1.29, 1.82) is 0 Å². The van der Waals surface area contributed by atoms with Crippen molar-refractivity contribution in [2.45, 2.75) is 26.4 Å². The van der Waals surface area contributed by atoms with Crippen molar-refractivity contribution in [1.82, 2.24) is 15.5 Å². The highest BCUT2D eigenvalue weighted by molar-refractivity contribution is 5.79. The van der Waals surface area contributed by atoms with Crippen LogP contribution in [0.5, 0.6) is 11.5 Å². The Morgan fingerprint density at radius 2 is 2.03 bits per heavy atom. The lowest BCUT2D eigenvalue weighted by Crippen LogP contribution is -2.52. The van der Waals surface area contributed by atoms with E-state index in [1.54, 1.807) is 14.2 Å². The predicted molar refractivity (Wildman–Crippen MR) is 117 cm³/mol. The number of hydrogen-bond donors (Lipinski definition) is 2. The van der Waals surface area contributed by atoms with E-state index in [0.29, 0.717) is 30.0 Å². The first-order valence-electron chi connectivity index (χ1n) is 10.1. The molecule has 0 aromatic heterocycles. The van der Waals surface area contributed by atoms with E-state index in [2.05, 4.69) is 40.3 Å². The summed E-state index contributed by atoms with van der Waals surface area (Å²) in [4.78, 5) is 6.85. The molecule has 7 nitrogen and oxygen atoms in total. The highest BCUT2D eigenvalue weighted by Gasteiger charge is 2.23. The van der Waals surface area contributed by atoms with E-state index >= 15 is 0 Å². The highest BCUT2D eigenvalue weighted by Crippen LogP contribution is 2.27. The number of ether oxygens (including phenoxy) is 3. The minimum absolute atomic E-state index is 0.203. The standard InChI is InChI=1S/C22H34N4O3/c1-6-11-29-21-14-18(7-8-20(21)27-5)15-24-22(23-4)25-16-19(17(2)3)26-9-12-28-13-10-26/h1,7-8,14,17,19H,9-13,15-16H2,2-5H3,(H2,23,24,25). The van der Waals surface area contributed by atoms with Crippen molar-refractivity contribution in [3.05, 3.63) is 23.8 Å². The zero-order valence-electron chi connectivity index (χ0n) is 18.0. The minimum Gasteiger partial charge on any atom is -0.493 e.